The van der Waals surface area contributed by atoms with Crippen molar-refractivity contribution in [1.29, 1.82) is 0 Å². The minimum Gasteiger partial charge on any atom is -0.506 e. The number of rotatable bonds is 4. The summed E-state index contributed by atoms with van der Waals surface area (Å²) in [6.07, 6.45) is 8.28. The standard InChI is InChI=1S/C30H25N3O/c31-21-17-18-28-26(19-21)25-13-4-5-14-27(25)33(28)24-12-8-11-23(20-24)32(22-9-2-1-3-10-22)29-15-6-7-16-30(29)34/h1-2,4-9,11-20,34H,3,10,31H2. The van der Waals surface area contributed by atoms with E-state index in [2.05, 4.69) is 82.3 Å². The van der Waals surface area contributed by atoms with E-state index >= 15 is 0 Å². The highest BCUT2D eigenvalue weighted by molar-refractivity contribution is 6.10. The number of benzene rings is 4. The van der Waals surface area contributed by atoms with E-state index in [1.165, 1.54) is 5.39 Å². The fraction of sp³-hybridized carbons (Fsp3) is 0.0667. The molecule has 0 fully saturated rings. The lowest BCUT2D eigenvalue weighted by atomic mass is 10.1. The Morgan fingerprint density at radius 1 is 0.794 bits per heavy atom. The van der Waals surface area contributed by atoms with Gasteiger partial charge in [-0.15, -0.1) is 0 Å². The lowest BCUT2D eigenvalue weighted by Crippen LogP contribution is -2.17. The number of nitrogens with two attached hydrogens (primary N) is 1. The zero-order valence-corrected chi connectivity index (χ0v) is 18.7. The lowest BCUT2D eigenvalue weighted by molar-refractivity contribution is 0.476. The average Bonchev–Trinajstić information content (AvgIpc) is 3.20. The molecule has 4 nitrogen and oxygen atoms in total. The molecule has 0 saturated heterocycles. The predicted molar refractivity (Wildman–Crippen MR) is 142 cm³/mol. The van der Waals surface area contributed by atoms with E-state index in [1.807, 2.05) is 30.3 Å². The first-order valence-electron chi connectivity index (χ1n) is 11.5. The maximum Gasteiger partial charge on any atom is 0.139 e. The van der Waals surface area contributed by atoms with Crippen LogP contribution in [-0.4, -0.2) is 9.67 Å². The van der Waals surface area contributed by atoms with Crippen molar-refractivity contribution in [3.8, 4) is 11.4 Å². The molecule has 34 heavy (non-hydrogen) atoms. The number of aromatic nitrogens is 1. The Balaban J connectivity index is 1.58. The van der Waals surface area contributed by atoms with Crippen molar-refractivity contribution in [3.05, 3.63) is 115 Å². The van der Waals surface area contributed by atoms with E-state index in [0.29, 0.717) is 0 Å². The number of aromatic hydroxyl groups is 1. The minimum absolute atomic E-state index is 0.260. The highest BCUT2D eigenvalue weighted by Gasteiger charge is 2.19. The van der Waals surface area contributed by atoms with E-state index in [1.54, 1.807) is 6.07 Å². The van der Waals surface area contributed by atoms with Crippen molar-refractivity contribution in [2.75, 3.05) is 10.6 Å². The first-order chi connectivity index (χ1) is 16.7. The van der Waals surface area contributed by atoms with Gasteiger partial charge in [-0.25, -0.2) is 0 Å². The second kappa shape index (κ2) is 8.16. The van der Waals surface area contributed by atoms with Crippen LogP contribution in [-0.2, 0) is 0 Å². The average molecular weight is 444 g/mol. The van der Waals surface area contributed by atoms with E-state index < -0.39 is 0 Å². The minimum atomic E-state index is 0.260. The summed E-state index contributed by atoms with van der Waals surface area (Å²) < 4.78 is 2.28. The number of anilines is 3. The van der Waals surface area contributed by atoms with Gasteiger partial charge < -0.3 is 20.3 Å². The van der Waals surface area contributed by atoms with Gasteiger partial charge in [0.25, 0.3) is 0 Å². The van der Waals surface area contributed by atoms with Gasteiger partial charge in [-0.05, 0) is 73.5 Å². The van der Waals surface area contributed by atoms with Crippen LogP contribution in [0.2, 0.25) is 0 Å². The van der Waals surface area contributed by atoms with Crippen LogP contribution in [0.4, 0.5) is 17.1 Å². The molecule has 4 heteroatoms. The van der Waals surface area contributed by atoms with E-state index in [4.69, 9.17) is 5.73 Å². The molecule has 0 spiro atoms. The second-order valence-electron chi connectivity index (χ2n) is 8.60. The van der Waals surface area contributed by atoms with Crippen molar-refractivity contribution in [1.82, 2.24) is 4.57 Å². The van der Waals surface area contributed by atoms with Crippen molar-refractivity contribution >= 4 is 38.9 Å². The molecule has 1 aliphatic carbocycles. The molecule has 0 radical (unpaired) electrons. The Bertz CT molecular complexity index is 1590. The topological polar surface area (TPSA) is 54.4 Å². The normalized spacial score (nSPS) is 13.4. The van der Waals surface area contributed by atoms with Gasteiger partial charge in [0.05, 0.1) is 16.7 Å². The molecule has 3 N–H and O–H groups in total. The van der Waals surface area contributed by atoms with Crippen molar-refractivity contribution in [2.45, 2.75) is 12.8 Å². The van der Waals surface area contributed by atoms with Gasteiger partial charge in [-0.1, -0.05) is 48.6 Å². The quantitative estimate of drug-likeness (QED) is 0.284. The lowest BCUT2D eigenvalue weighted by Gasteiger charge is -2.29. The van der Waals surface area contributed by atoms with Gasteiger partial charge in [0, 0.05) is 33.5 Å². The first kappa shape index (κ1) is 20.2. The fourth-order valence-corrected chi connectivity index (χ4v) is 4.93. The monoisotopic (exact) mass is 443 g/mol. The van der Waals surface area contributed by atoms with Crippen LogP contribution in [0.1, 0.15) is 12.8 Å². The molecule has 0 aliphatic heterocycles. The number of phenolic OH excluding ortho intramolecular Hbond substituents is 1. The van der Waals surface area contributed by atoms with E-state index in [0.717, 1.165) is 57.7 Å². The van der Waals surface area contributed by atoms with Crippen molar-refractivity contribution in [2.24, 2.45) is 0 Å². The van der Waals surface area contributed by atoms with Crippen molar-refractivity contribution in [3.63, 3.8) is 0 Å². The van der Waals surface area contributed by atoms with Crippen LogP contribution in [0, 0.1) is 0 Å². The molecule has 5 aromatic rings. The van der Waals surface area contributed by atoms with Crippen LogP contribution >= 0.6 is 0 Å². The van der Waals surface area contributed by atoms with Crippen LogP contribution in [0.15, 0.2) is 115 Å². The number of hydrogen-bond donors (Lipinski definition) is 2. The number of hydrogen-bond acceptors (Lipinski definition) is 3. The third-order valence-electron chi connectivity index (χ3n) is 6.44. The summed E-state index contributed by atoms with van der Waals surface area (Å²) in [5, 5.41) is 13.0. The smallest absolute Gasteiger partial charge is 0.139 e. The Morgan fingerprint density at radius 3 is 2.47 bits per heavy atom. The molecule has 0 atom stereocenters. The zero-order chi connectivity index (χ0) is 23.1. The highest BCUT2D eigenvalue weighted by Crippen LogP contribution is 2.40. The molecule has 0 amide bonds. The fourth-order valence-electron chi connectivity index (χ4n) is 4.93. The summed E-state index contributed by atoms with van der Waals surface area (Å²) >= 11 is 0. The summed E-state index contributed by atoms with van der Waals surface area (Å²) in [4.78, 5) is 2.16. The molecular formula is C30H25N3O. The van der Waals surface area contributed by atoms with Gasteiger partial charge in [0.1, 0.15) is 5.75 Å². The number of nitrogens with zero attached hydrogens (tertiary/aromatic N) is 2. The van der Waals surface area contributed by atoms with Gasteiger partial charge in [-0.3, -0.25) is 0 Å². The summed E-state index contributed by atoms with van der Waals surface area (Å²) in [6, 6.07) is 30.5. The first-order valence-corrected chi connectivity index (χ1v) is 11.5. The molecule has 1 heterocycles. The summed E-state index contributed by atoms with van der Waals surface area (Å²) in [5.41, 5.74) is 13.1. The third kappa shape index (κ3) is 3.32. The van der Waals surface area contributed by atoms with Crippen LogP contribution in [0.3, 0.4) is 0 Å². The van der Waals surface area contributed by atoms with Crippen LogP contribution < -0.4 is 10.6 Å². The van der Waals surface area contributed by atoms with Gasteiger partial charge in [0.15, 0.2) is 0 Å². The Morgan fingerprint density at radius 2 is 1.62 bits per heavy atom. The predicted octanol–water partition coefficient (Wildman–Crippen LogP) is 7.44. The van der Waals surface area contributed by atoms with Gasteiger partial charge in [0.2, 0.25) is 0 Å². The van der Waals surface area contributed by atoms with Crippen LogP contribution in [0.25, 0.3) is 27.5 Å². The van der Waals surface area contributed by atoms with E-state index in [9.17, 15) is 5.11 Å². The molecule has 0 unspecified atom stereocenters. The van der Waals surface area contributed by atoms with Gasteiger partial charge in [-0.2, -0.15) is 0 Å². The summed E-state index contributed by atoms with van der Waals surface area (Å²) in [7, 11) is 0. The number of allylic oxidation sites excluding steroid dienone is 4. The molecule has 166 valence electrons. The molecule has 0 saturated carbocycles. The molecule has 1 aliphatic rings. The second-order valence-corrected chi connectivity index (χ2v) is 8.60. The molecular weight excluding hydrogens is 418 g/mol. The largest absolute Gasteiger partial charge is 0.506 e. The Labute approximate surface area is 198 Å². The summed E-state index contributed by atoms with van der Waals surface area (Å²) in [6.45, 7) is 0. The molecule has 1 aromatic heterocycles. The maximum absolute atomic E-state index is 10.7. The number of phenols is 1. The highest BCUT2D eigenvalue weighted by atomic mass is 16.3. The third-order valence-corrected chi connectivity index (χ3v) is 6.44. The summed E-state index contributed by atoms with van der Waals surface area (Å²) in [5.74, 6) is 0.260. The maximum atomic E-state index is 10.7. The molecule has 6 rings (SSSR count). The van der Waals surface area contributed by atoms with Gasteiger partial charge >= 0.3 is 0 Å². The SMILES string of the molecule is Nc1ccc2c(c1)c1ccccc1n2-c1cccc(N(C2=CC=CCC2)c2ccccc2O)c1. The number of para-hydroxylation sites is 3. The van der Waals surface area contributed by atoms with Crippen LogP contribution in [0.5, 0.6) is 5.75 Å². The number of fused-ring (bicyclic) bond motifs is 3. The zero-order valence-electron chi connectivity index (χ0n) is 18.7. The van der Waals surface area contributed by atoms with E-state index in [-0.39, 0.29) is 5.75 Å². The number of nitrogen functional groups attached to an aromatic ring is 1. The Kier molecular flexibility index (Phi) is 4.84. The molecule has 4 aromatic carbocycles. The van der Waals surface area contributed by atoms with Crippen molar-refractivity contribution < 1.29 is 5.11 Å². The molecule has 0 bridgehead atoms. The Hall–Kier alpha value is -4.44.